The highest BCUT2D eigenvalue weighted by molar-refractivity contribution is 7.89. The zero-order valence-corrected chi connectivity index (χ0v) is 13.2. The molecule has 6 heteroatoms. The molecule has 5 nitrogen and oxygen atoms in total. The second kappa shape index (κ2) is 7.24. The number of hydrogen-bond donors (Lipinski definition) is 2. The Labute approximate surface area is 126 Å². The topological polar surface area (TPSA) is 81.4 Å². The van der Waals surface area contributed by atoms with Gasteiger partial charge in [0.05, 0.1) is 4.90 Å². The highest BCUT2D eigenvalue weighted by Crippen LogP contribution is 2.25. The van der Waals surface area contributed by atoms with Crippen LogP contribution in [0, 0.1) is 5.92 Å². The van der Waals surface area contributed by atoms with E-state index in [1.165, 1.54) is 6.42 Å². The SMILES string of the molecule is CC1CCCC(NS(=O)(=O)c2ccc(OCCN)cc2)C1. The average Bonchev–Trinajstić information content (AvgIpc) is 2.45. The van der Waals surface area contributed by atoms with E-state index in [0.717, 1.165) is 19.3 Å². The van der Waals surface area contributed by atoms with Gasteiger partial charge in [-0.3, -0.25) is 0 Å². The first-order valence-electron chi connectivity index (χ1n) is 7.46. The van der Waals surface area contributed by atoms with Crippen molar-refractivity contribution in [2.75, 3.05) is 13.2 Å². The lowest BCUT2D eigenvalue weighted by atomic mass is 9.88. The lowest BCUT2D eigenvalue weighted by molar-refractivity contribution is 0.327. The standard InChI is InChI=1S/C15H24N2O3S/c1-12-3-2-4-13(11-12)17-21(18,19)15-7-5-14(6-8-15)20-10-9-16/h5-8,12-13,17H,2-4,9-11,16H2,1H3. The summed E-state index contributed by atoms with van der Waals surface area (Å²) < 4.78 is 32.9. The molecule has 1 aromatic rings. The summed E-state index contributed by atoms with van der Waals surface area (Å²) >= 11 is 0. The fourth-order valence-corrected chi connectivity index (χ4v) is 4.00. The van der Waals surface area contributed by atoms with Gasteiger partial charge in [0.15, 0.2) is 0 Å². The molecule has 0 radical (unpaired) electrons. The van der Waals surface area contributed by atoms with Crippen molar-refractivity contribution in [3.63, 3.8) is 0 Å². The zero-order valence-electron chi connectivity index (χ0n) is 12.4. The number of hydrogen-bond acceptors (Lipinski definition) is 4. The van der Waals surface area contributed by atoms with Gasteiger partial charge in [-0.05, 0) is 43.0 Å². The van der Waals surface area contributed by atoms with Crippen LogP contribution < -0.4 is 15.2 Å². The van der Waals surface area contributed by atoms with Gasteiger partial charge in [0.25, 0.3) is 0 Å². The normalized spacial score (nSPS) is 23.0. The predicted molar refractivity (Wildman–Crippen MR) is 82.7 cm³/mol. The van der Waals surface area contributed by atoms with Gasteiger partial charge in [0.1, 0.15) is 12.4 Å². The van der Waals surface area contributed by atoms with Gasteiger partial charge >= 0.3 is 0 Å². The fraction of sp³-hybridized carbons (Fsp3) is 0.600. The average molecular weight is 312 g/mol. The van der Waals surface area contributed by atoms with Crippen LogP contribution in [0.3, 0.4) is 0 Å². The van der Waals surface area contributed by atoms with E-state index in [9.17, 15) is 8.42 Å². The van der Waals surface area contributed by atoms with Crippen molar-refractivity contribution in [2.24, 2.45) is 11.7 Å². The highest BCUT2D eigenvalue weighted by Gasteiger charge is 2.24. The van der Waals surface area contributed by atoms with Crippen LogP contribution >= 0.6 is 0 Å². The monoisotopic (exact) mass is 312 g/mol. The molecule has 0 heterocycles. The first-order valence-corrected chi connectivity index (χ1v) is 8.95. The van der Waals surface area contributed by atoms with E-state index in [4.69, 9.17) is 10.5 Å². The number of benzene rings is 1. The second-order valence-electron chi connectivity index (χ2n) is 5.70. The highest BCUT2D eigenvalue weighted by atomic mass is 32.2. The van der Waals surface area contributed by atoms with Crippen LogP contribution in [-0.2, 0) is 10.0 Å². The van der Waals surface area contributed by atoms with E-state index in [1.807, 2.05) is 0 Å². The van der Waals surface area contributed by atoms with Crippen molar-refractivity contribution in [3.8, 4) is 5.75 Å². The molecule has 0 aromatic heterocycles. The van der Waals surface area contributed by atoms with Crippen LogP contribution in [0.4, 0.5) is 0 Å². The number of ether oxygens (including phenoxy) is 1. The van der Waals surface area contributed by atoms with Crippen molar-refractivity contribution in [2.45, 2.75) is 43.5 Å². The van der Waals surface area contributed by atoms with Crippen molar-refractivity contribution in [1.29, 1.82) is 0 Å². The molecule has 1 fully saturated rings. The molecule has 0 spiro atoms. The lowest BCUT2D eigenvalue weighted by Gasteiger charge is -2.27. The van der Waals surface area contributed by atoms with Gasteiger partial charge in [0.2, 0.25) is 10.0 Å². The van der Waals surface area contributed by atoms with E-state index >= 15 is 0 Å². The summed E-state index contributed by atoms with van der Waals surface area (Å²) in [5.41, 5.74) is 5.36. The minimum absolute atomic E-state index is 0.0481. The van der Waals surface area contributed by atoms with Gasteiger partial charge in [0, 0.05) is 12.6 Å². The smallest absolute Gasteiger partial charge is 0.240 e. The van der Waals surface area contributed by atoms with Crippen LogP contribution in [0.1, 0.15) is 32.6 Å². The first-order chi connectivity index (χ1) is 10.0. The molecule has 0 aliphatic heterocycles. The van der Waals surface area contributed by atoms with Crippen molar-refractivity contribution >= 4 is 10.0 Å². The van der Waals surface area contributed by atoms with Gasteiger partial charge in [-0.1, -0.05) is 19.8 Å². The summed E-state index contributed by atoms with van der Waals surface area (Å²) in [5.74, 6) is 1.21. The fourth-order valence-electron chi connectivity index (χ4n) is 2.72. The molecule has 1 aliphatic carbocycles. The Balaban J connectivity index is 2.01. The van der Waals surface area contributed by atoms with Crippen LogP contribution in [-0.4, -0.2) is 27.6 Å². The number of sulfonamides is 1. The maximum atomic E-state index is 12.4. The van der Waals surface area contributed by atoms with E-state index in [1.54, 1.807) is 24.3 Å². The molecule has 0 saturated heterocycles. The molecule has 2 unspecified atom stereocenters. The molecule has 2 atom stereocenters. The Morgan fingerprint density at radius 3 is 2.62 bits per heavy atom. The Morgan fingerprint density at radius 2 is 2.00 bits per heavy atom. The molecule has 1 aromatic carbocycles. The Hall–Kier alpha value is -1.11. The molecular weight excluding hydrogens is 288 g/mol. The molecule has 21 heavy (non-hydrogen) atoms. The summed E-state index contributed by atoms with van der Waals surface area (Å²) in [6.45, 7) is 3.02. The van der Waals surface area contributed by atoms with Crippen LogP contribution in [0.25, 0.3) is 0 Å². The molecule has 2 rings (SSSR count). The predicted octanol–water partition coefficient (Wildman–Crippen LogP) is 1.88. The van der Waals surface area contributed by atoms with E-state index in [2.05, 4.69) is 11.6 Å². The minimum Gasteiger partial charge on any atom is -0.492 e. The maximum absolute atomic E-state index is 12.4. The minimum atomic E-state index is -3.45. The summed E-state index contributed by atoms with van der Waals surface area (Å²) in [6.07, 6.45) is 4.10. The molecule has 118 valence electrons. The third kappa shape index (κ3) is 4.69. The Bertz CT molecular complexity index is 543. The lowest BCUT2D eigenvalue weighted by Crippen LogP contribution is -2.37. The maximum Gasteiger partial charge on any atom is 0.240 e. The van der Waals surface area contributed by atoms with Crippen molar-refractivity contribution < 1.29 is 13.2 Å². The van der Waals surface area contributed by atoms with Gasteiger partial charge in [-0.15, -0.1) is 0 Å². The number of nitrogens with one attached hydrogen (secondary N) is 1. The third-order valence-electron chi connectivity index (χ3n) is 3.78. The second-order valence-corrected chi connectivity index (χ2v) is 7.41. The zero-order chi connectivity index (χ0) is 15.3. The number of rotatable bonds is 6. The Kier molecular flexibility index (Phi) is 5.61. The molecule has 0 bridgehead atoms. The molecule has 1 aliphatic rings. The van der Waals surface area contributed by atoms with Crippen molar-refractivity contribution in [3.05, 3.63) is 24.3 Å². The molecule has 1 saturated carbocycles. The van der Waals surface area contributed by atoms with Gasteiger partial charge in [-0.25, -0.2) is 13.1 Å². The van der Waals surface area contributed by atoms with Crippen molar-refractivity contribution in [1.82, 2.24) is 4.72 Å². The van der Waals surface area contributed by atoms with Crippen LogP contribution in [0.2, 0.25) is 0 Å². The largest absolute Gasteiger partial charge is 0.492 e. The Morgan fingerprint density at radius 1 is 1.29 bits per heavy atom. The van der Waals surface area contributed by atoms with Crippen LogP contribution in [0.5, 0.6) is 5.75 Å². The third-order valence-corrected chi connectivity index (χ3v) is 5.32. The molecule has 0 amide bonds. The number of nitrogens with two attached hydrogens (primary N) is 1. The summed E-state index contributed by atoms with van der Waals surface area (Å²) in [6, 6.07) is 6.51. The van der Waals surface area contributed by atoms with Crippen LogP contribution in [0.15, 0.2) is 29.2 Å². The first kappa shape index (κ1) is 16.3. The molecular formula is C15H24N2O3S. The van der Waals surface area contributed by atoms with Gasteiger partial charge < -0.3 is 10.5 Å². The van der Waals surface area contributed by atoms with E-state index in [0.29, 0.717) is 24.8 Å². The molecule has 3 N–H and O–H groups in total. The van der Waals surface area contributed by atoms with E-state index < -0.39 is 10.0 Å². The van der Waals surface area contributed by atoms with E-state index in [-0.39, 0.29) is 10.9 Å². The summed E-state index contributed by atoms with van der Waals surface area (Å²) in [7, 11) is -3.45. The summed E-state index contributed by atoms with van der Waals surface area (Å²) in [4.78, 5) is 0.279. The quantitative estimate of drug-likeness (QED) is 0.840. The van der Waals surface area contributed by atoms with Gasteiger partial charge in [-0.2, -0.15) is 0 Å². The summed E-state index contributed by atoms with van der Waals surface area (Å²) in [5, 5.41) is 0.